The fourth-order valence-corrected chi connectivity index (χ4v) is 5.68. The number of H-pyrrole nitrogens is 1. The Balaban J connectivity index is 1.44. The molecule has 0 saturated carbocycles. The molecule has 1 aromatic heterocycles. The van der Waals surface area contributed by atoms with Gasteiger partial charge in [0.25, 0.3) is 0 Å². The van der Waals surface area contributed by atoms with Gasteiger partial charge in [-0.2, -0.15) is 0 Å². The largest absolute Gasteiger partial charge is 0.497 e. The second kappa shape index (κ2) is 10.3. The maximum atomic E-state index is 5.69. The molecule has 3 aromatic rings. The molecular formula is C28H36N2O4. The number of nitrogens with zero attached hydrogens (tertiary/aromatic N) is 1. The quantitative estimate of drug-likeness (QED) is 0.500. The van der Waals surface area contributed by atoms with Gasteiger partial charge in [-0.1, -0.05) is 0 Å². The molecular weight excluding hydrogens is 428 g/mol. The maximum Gasteiger partial charge on any atom is 0.161 e. The van der Waals surface area contributed by atoms with Crippen LogP contribution < -0.4 is 14.2 Å². The molecule has 1 N–H and O–H groups in total. The van der Waals surface area contributed by atoms with Crippen molar-refractivity contribution in [2.45, 2.75) is 38.1 Å². The lowest BCUT2D eigenvalue weighted by atomic mass is 9.87. The zero-order valence-electron chi connectivity index (χ0n) is 20.6. The minimum atomic E-state index is 0.349. The Morgan fingerprint density at radius 2 is 1.79 bits per heavy atom. The Labute approximate surface area is 202 Å². The first-order valence-electron chi connectivity index (χ1n) is 12.4. The van der Waals surface area contributed by atoms with Crippen molar-refractivity contribution in [3.8, 4) is 17.2 Å². The first-order valence-corrected chi connectivity index (χ1v) is 12.4. The number of benzene rings is 2. The van der Waals surface area contributed by atoms with Gasteiger partial charge in [-0.05, 0) is 85.0 Å². The van der Waals surface area contributed by atoms with Gasteiger partial charge in [0.2, 0.25) is 0 Å². The molecule has 34 heavy (non-hydrogen) atoms. The molecule has 2 aliphatic heterocycles. The number of ether oxygens (including phenoxy) is 4. The van der Waals surface area contributed by atoms with Crippen LogP contribution in [0.2, 0.25) is 0 Å². The van der Waals surface area contributed by atoms with Gasteiger partial charge in [0.1, 0.15) is 5.75 Å². The van der Waals surface area contributed by atoms with E-state index in [0.29, 0.717) is 12.0 Å². The molecule has 2 aliphatic rings. The third-order valence-electron chi connectivity index (χ3n) is 7.61. The van der Waals surface area contributed by atoms with E-state index in [-0.39, 0.29) is 0 Å². The molecule has 0 aliphatic carbocycles. The highest BCUT2D eigenvalue weighted by Crippen LogP contribution is 2.41. The van der Waals surface area contributed by atoms with E-state index in [1.165, 1.54) is 22.1 Å². The molecule has 1 fully saturated rings. The predicted octanol–water partition coefficient (Wildman–Crippen LogP) is 5.15. The van der Waals surface area contributed by atoms with E-state index in [2.05, 4.69) is 40.3 Å². The van der Waals surface area contributed by atoms with Crippen molar-refractivity contribution >= 4 is 10.9 Å². The highest BCUT2D eigenvalue weighted by atomic mass is 16.5. The van der Waals surface area contributed by atoms with E-state index in [4.69, 9.17) is 18.9 Å². The minimum absolute atomic E-state index is 0.349. The van der Waals surface area contributed by atoms with Crippen molar-refractivity contribution < 1.29 is 18.9 Å². The first-order chi connectivity index (χ1) is 16.7. The number of hydrogen-bond acceptors (Lipinski definition) is 5. The van der Waals surface area contributed by atoms with Crippen molar-refractivity contribution in [3.05, 3.63) is 53.2 Å². The van der Waals surface area contributed by atoms with Crippen molar-refractivity contribution in [1.29, 1.82) is 0 Å². The number of fused-ring (bicyclic) bond motifs is 2. The molecule has 0 unspecified atom stereocenters. The molecule has 6 heteroatoms. The number of methoxy groups -OCH3 is 3. The summed E-state index contributed by atoms with van der Waals surface area (Å²) in [6.07, 6.45) is 7.56. The summed E-state index contributed by atoms with van der Waals surface area (Å²) in [6, 6.07) is 11.0. The third-order valence-corrected chi connectivity index (χ3v) is 7.61. The smallest absolute Gasteiger partial charge is 0.161 e. The van der Waals surface area contributed by atoms with Crippen molar-refractivity contribution in [2.24, 2.45) is 5.92 Å². The van der Waals surface area contributed by atoms with Crippen LogP contribution in [0.25, 0.3) is 10.9 Å². The first kappa shape index (κ1) is 23.1. The van der Waals surface area contributed by atoms with E-state index < -0.39 is 0 Å². The van der Waals surface area contributed by atoms with Crippen LogP contribution in [0.1, 0.15) is 42.0 Å². The molecule has 0 amide bonds. The highest BCUT2D eigenvalue weighted by Gasteiger charge is 2.31. The van der Waals surface area contributed by atoms with E-state index in [9.17, 15) is 0 Å². The second-order valence-corrected chi connectivity index (χ2v) is 9.49. The molecule has 6 nitrogen and oxygen atoms in total. The Hall–Kier alpha value is -2.70. The van der Waals surface area contributed by atoms with Crippen LogP contribution in [0.15, 0.2) is 36.5 Å². The number of aromatic amines is 1. The van der Waals surface area contributed by atoms with Gasteiger partial charge in [-0.15, -0.1) is 0 Å². The fraction of sp³-hybridized carbons (Fsp3) is 0.500. The molecule has 3 heterocycles. The molecule has 0 spiro atoms. The zero-order valence-corrected chi connectivity index (χ0v) is 20.6. The molecule has 5 rings (SSSR count). The van der Waals surface area contributed by atoms with Gasteiger partial charge in [0.15, 0.2) is 11.5 Å². The maximum absolute atomic E-state index is 5.69. The summed E-state index contributed by atoms with van der Waals surface area (Å²) in [7, 11) is 5.16. The monoisotopic (exact) mass is 464 g/mol. The predicted molar refractivity (Wildman–Crippen MR) is 134 cm³/mol. The van der Waals surface area contributed by atoms with Crippen LogP contribution in [-0.2, 0) is 17.6 Å². The molecule has 182 valence electrons. The molecule has 1 atom stereocenters. The molecule has 2 aromatic carbocycles. The highest BCUT2D eigenvalue weighted by molar-refractivity contribution is 5.84. The number of rotatable bonds is 8. The van der Waals surface area contributed by atoms with E-state index in [0.717, 1.165) is 81.2 Å². The number of aromatic nitrogens is 1. The van der Waals surface area contributed by atoms with Gasteiger partial charge in [0.05, 0.1) is 21.3 Å². The van der Waals surface area contributed by atoms with Crippen LogP contribution in [0, 0.1) is 5.92 Å². The van der Waals surface area contributed by atoms with Crippen LogP contribution in [0.5, 0.6) is 17.2 Å². The standard InChI is InChI=1S/C28H36N2O4/c1-31-22-5-6-25-23(15-22)21(17-29-25)4-7-26-24-16-28(33-3)27(32-2)14-20(24)8-11-30(26)18-19-9-12-34-13-10-19/h5-6,14-17,19,26,29H,4,7-13,18H2,1-3H3/t26-/m1/s1. The summed E-state index contributed by atoms with van der Waals surface area (Å²) < 4.78 is 22.4. The van der Waals surface area contributed by atoms with Crippen LogP contribution in [-0.4, -0.2) is 57.5 Å². The lowest BCUT2D eigenvalue weighted by Crippen LogP contribution is -2.40. The number of hydrogen-bond donors (Lipinski definition) is 1. The molecule has 0 radical (unpaired) electrons. The Kier molecular flexibility index (Phi) is 6.97. The summed E-state index contributed by atoms with van der Waals surface area (Å²) in [5.74, 6) is 3.24. The SMILES string of the molecule is COc1ccc2[nH]cc(CC[C@@H]3c4cc(OC)c(OC)cc4CCN3CC3CCOCC3)c2c1. The van der Waals surface area contributed by atoms with Crippen LogP contribution in [0.3, 0.4) is 0 Å². The van der Waals surface area contributed by atoms with Gasteiger partial charge < -0.3 is 23.9 Å². The van der Waals surface area contributed by atoms with E-state index >= 15 is 0 Å². The Morgan fingerprint density at radius 3 is 2.56 bits per heavy atom. The fourth-order valence-electron chi connectivity index (χ4n) is 5.68. The van der Waals surface area contributed by atoms with Crippen LogP contribution >= 0.6 is 0 Å². The third kappa shape index (κ3) is 4.62. The normalized spacial score (nSPS) is 19.2. The number of nitrogens with one attached hydrogen (secondary N) is 1. The van der Waals surface area contributed by atoms with Crippen molar-refractivity contribution in [2.75, 3.05) is 47.6 Å². The van der Waals surface area contributed by atoms with E-state index in [1.54, 1.807) is 21.3 Å². The van der Waals surface area contributed by atoms with Crippen molar-refractivity contribution in [3.63, 3.8) is 0 Å². The average Bonchev–Trinajstić information content (AvgIpc) is 3.29. The summed E-state index contributed by atoms with van der Waals surface area (Å²) in [6.45, 7) is 3.99. The lowest BCUT2D eigenvalue weighted by molar-refractivity contribution is 0.0423. The summed E-state index contributed by atoms with van der Waals surface area (Å²) in [5, 5.41) is 1.25. The topological polar surface area (TPSA) is 56.0 Å². The molecule has 0 bridgehead atoms. The Morgan fingerprint density at radius 1 is 1.00 bits per heavy atom. The van der Waals surface area contributed by atoms with Gasteiger partial charge >= 0.3 is 0 Å². The summed E-state index contributed by atoms with van der Waals surface area (Å²) in [5.41, 5.74) is 5.26. The van der Waals surface area contributed by atoms with E-state index in [1.807, 2.05) is 6.07 Å². The van der Waals surface area contributed by atoms with Gasteiger partial charge in [-0.25, -0.2) is 0 Å². The van der Waals surface area contributed by atoms with Gasteiger partial charge in [-0.3, -0.25) is 4.90 Å². The number of aryl methyl sites for hydroxylation is 1. The van der Waals surface area contributed by atoms with Crippen molar-refractivity contribution in [1.82, 2.24) is 9.88 Å². The second-order valence-electron chi connectivity index (χ2n) is 9.49. The van der Waals surface area contributed by atoms with Crippen LogP contribution in [0.4, 0.5) is 0 Å². The molecule has 1 saturated heterocycles. The zero-order chi connectivity index (χ0) is 23.5. The summed E-state index contributed by atoms with van der Waals surface area (Å²) in [4.78, 5) is 6.15. The lowest BCUT2D eigenvalue weighted by Gasteiger charge is -2.40. The van der Waals surface area contributed by atoms with Gasteiger partial charge in [0, 0.05) is 49.4 Å². The Bertz CT molecular complexity index is 1120. The minimum Gasteiger partial charge on any atom is -0.497 e. The average molecular weight is 465 g/mol. The summed E-state index contributed by atoms with van der Waals surface area (Å²) >= 11 is 0.